The molecule has 0 aliphatic heterocycles. The van der Waals surface area contributed by atoms with Gasteiger partial charge in [0.1, 0.15) is 5.82 Å². The van der Waals surface area contributed by atoms with Gasteiger partial charge in [-0.1, -0.05) is 6.07 Å². The van der Waals surface area contributed by atoms with E-state index in [-0.39, 0.29) is 11.2 Å². The summed E-state index contributed by atoms with van der Waals surface area (Å²) in [6, 6.07) is 4.27. The van der Waals surface area contributed by atoms with Crippen LogP contribution in [0.4, 0.5) is 14.9 Å². The molecule has 0 atom stereocenters. The molecule has 0 heterocycles. The molecule has 0 fully saturated rings. The quantitative estimate of drug-likeness (QED) is 0.756. The highest BCUT2D eigenvalue weighted by atomic mass is 19.1. The highest BCUT2D eigenvalue weighted by molar-refractivity contribution is 5.89. The summed E-state index contributed by atoms with van der Waals surface area (Å²) in [7, 11) is 0. The first kappa shape index (κ1) is 12.5. The van der Waals surface area contributed by atoms with Crippen LogP contribution < -0.4 is 10.6 Å². The normalized spacial score (nSPS) is 11.1. The van der Waals surface area contributed by atoms with Gasteiger partial charge in [0.15, 0.2) is 0 Å². The molecule has 0 saturated heterocycles. The van der Waals surface area contributed by atoms with E-state index < -0.39 is 11.8 Å². The summed E-state index contributed by atoms with van der Waals surface area (Å²) in [4.78, 5) is 11.5. The van der Waals surface area contributed by atoms with Crippen LogP contribution in [0.3, 0.4) is 0 Å². The molecular weight excluding hydrogens is 207 g/mol. The molecular formula is C12H17FN2O. The number of hydrogen-bond acceptors (Lipinski definition) is 1. The zero-order valence-corrected chi connectivity index (χ0v) is 10.0. The minimum absolute atomic E-state index is 0.187. The van der Waals surface area contributed by atoms with Crippen molar-refractivity contribution in [3.8, 4) is 0 Å². The lowest BCUT2D eigenvalue weighted by Gasteiger charge is -2.20. The third kappa shape index (κ3) is 3.88. The number of halogens is 1. The van der Waals surface area contributed by atoms with Gasteiger partial charge in [-0.2, -0.15) is 0 Å². The number of amides is 2. The Morgan fingerprint density at radius 2 is 1.94 bits per heavy atom. The first-order valence-electron chi connectivity index (χ1n) is 5.13. The summed E-state index contributed by atoms with van der Waals surface area (Å²) in [5, 5.41) is 5.16. The number of anilines is 1. The van der Waals surface area contributed by atoms with E-state index in [0.717, 1.165) is 5.56 Å². The number of carbonyl (C=O) groups excluding carboxylic acids is 1. The van der Waals surface area contributed by atoms with Crippen molar-refractivity contribution >= 4 is 11.7 Å². The number of rotatable bonds is 1. The molecule has 0 aliphatic carbocycles. The van der Waals surface area contributed by atoms with E-state index in [1.54, 1.807) is 19.1 Å². The van der Waals surface area contributed by atoms with Crippen LogP contribution in [0.15, 0.2) is 18.2 Å². The zero-order chi connectivity index (χ0) is 12.3. The van der Waals surface area contributed by atoms with Crippen molar-refractivity contribution in [2.24, 2.45) is 0 Å². The summed E-state index contributed by atoms with van der Waals surface area (Å²) < 4.78 is 13.4. The minimum Gasteiger partial charge on any atom is -0.333 e. The summed E-state index contributed by atoms with van der Waals surface area (Å²) in [5.41, 5.74) is 0.664. The first-order valence-corrected chi connectivity index (χ1v) is 5.13. The van der Waals surface area contributed by atoms with Crippen molar-refractivity contribution in [1.29, 1.82) is 0 Å². The summed E-state index contributed by atoms with van der Waals surface area (Å²) in [6.45, 7) is 7.37. The van der Waals surface area contributed by atoms with Crippen LogP contribution in [0.25, 0.3) is 0 Å². The molecule has 2 N–H and O–H groups in total. The van der Waals surface area contributed by atoms with Crippen LogP contribution in [0.1, 0.15) is 26.3 Å². The van der Waals surface area contributed by atoms with E-state index in [4.69, 9.17) is 0 Å². The van der Waals surface area contributed by atoms with Crippen molar-refractivity contribution < 1.29 is 9.18 Å². The highest BCUT2D eigenvalue weighted by Gasteiger charge is 2.14. The van der Waals surface area contributed by atoms with Crippen LogP contribution in [0.2, 0.25) is 0 Å². The van der Waals surface area contributed by atoms with Crippen LogP contribution in [0.5, 0.6) is 0 Å². The third-order valence-corrected chi connectivity index (χ3v) is 1.86. The number of aryl methyl sites for hydroxylation is 1. The van der Waals surface area contributed by atoms with Gasteiger partial charge in [0.05, 0.1) is 5.69 Å². The summed E-state index contributed by atoms with van der Waals surface area (Å²) >= 11 is 0. The second kappa shape index (κ2) is 4.51. The molecule has 0 unspecified atom stereocenters. The molecule has 1 aromatic carbocycles. The number of hydrogen-bond donors (Lipinski definition) is 2. The fraction of sp³-hybridized carbons (Fsp3) is 0.417. The maximum atomic E-state index is 13.4. The second-order valence-electron chi connectivity index (χ2n) is 4.81. The molecule has 0 aliphatic rings. The Balaban J connectivity index is 2.70. The van der Waals surface area contributed by atoms with Crippen molar-refractivity contribution in [2.45, 2.75) is 33.2 Å². The molecule has 3 nitrogen and oxygen atoms in total. The van der Waals surface area contributed by atoms with Gasteiger partial charge in [-0.05, 0) is 45.4 Å². The van der Waals surface area contributed by atoms with E-state index in [1.807, 2.05) is 20.8 Å². The van der Waals surface area contributed by atoms with Gasteiger partial charge >= 0.3 is 6.03 Å². The minimum atomic E-state index is -0.427. The smallest absolute Gasteiger partial charge is 0.319 e. The van der Waals surface area contributed by atoms with Gasteiger partial charge in [-0.25, -0.2) is 9.18 Å². The first-order chi connectivity index (χ1) is 7.28. The van der Waals surface area contributed by atoms with E-state index in [1.165, 1.54) is 6.07 Å². The van der Waals surface area contributed by atoms with E-state index in [0.29, 0.717) is 0 Å². The molecule has 0 bridgehead atoms. The Morgan fingerprint density at radius 1 is 1.31 bits per heavy atom. The van der Waals surface area contributed by atoms with E-state index in [2.05, 4.69) is 10.6 Å². The van der Waals surface area contributed by atoms with Gasteiger partial charge in [-0.15, -0.1) is 0 Å². The van der Waals surface area contributed by atoms with E-state index >= 15 is 0 Å². The monoisotopic (exact) mass is 224 g/mol. The van der Waals surface area contributed by atoms with E-state index in [9.17, 15) is 9.18 Å². The number of benzene rings is 1. The molecule has 1 rings (SSSR count). The Bertz CT molecular complexity index is 396. The fourth-order valence-electron chi connectivity index (χ4n) is 1.22. The largest absolute Gasteiger partial charge is 0.333 e. The predicted molar refractivity (Wildman–Crippen MR) is 63.0 cm³/mol. The molecule has 4 heteroatoms. The van der Waals surface area contributed by atoms with Gasteiger partial charge in [0.25, 0.3) is 0 Å². The Kier molecular flexibility index (Phi) is 3.52. The van der Waals surface area contributed by atoms with Crippen LogP contribution >= 0.6 is 0 Å². The van der Waals surface area contributed by atoms with Gasteiger partial charge in [0, 0.05) is 5.54 Å². The average Bonchev–Trinajstić information content (AvgIpc) is 2.06. The number of nitrogens with one attached hydrogen (secondary N) is 2. The number of carbonyl (C=O) groups is 1. The lowest BCUT2D eigenvalue weighted by Crippen LogP contribution is -2.43. The second-order valence-corrected chi connectivity index (χ2v) is 4.81. The zero-order valence-electron chi connectivity index (χ0n) is 10.0. The maximum Gasteiger partial charge on any atom is 0.319 e. The molecule has 0 spiro atoms. The number of urea groups is 1. The van der Waals surface area contributed by atoms with Gasteiger partial charge in [-0.3, -0.25) is 0 Å². The Hall–Kier alpha value is -1.58. The molecule has 0 aromatic heterocycles. The molecule has 2 amide bonds. The highest BCUT2D eigenvalue weighted by Crippen LogP contribution is 2.15. The van der Waals surface area contributed by atoms with Crippen molar-refractivity contribution in [3.63, 3.8) is 0 Å². The molecule has 88 valence electrons. The molecule has 16 heavy (non-hydrogen) atoms. The Morgan fingerprint density at radius 3 is 2.44 bits per heavy atom. The molecule has 1 aromatic rings. The lowest BCUT2D eigenvalue weighted by molar-refractivity contribution is 0.243. The van der Waals surface area contributed by atoms with Crippen molar-refractivity contribution in [1.82, 2.24) is 5.32 Å². The summed E-state index contributed by atoms with van der Waals surface area (Å²) in [5.74, 6) is -0.427. The van der Waals surface area contributed by atoms with Crippen LogP contribution in [-0.2, 0) is 0 Å². The third-order valence-electron chi connectivity index (χ3n) is 1.86. The SMILES string of the molecule is Cc1ccc(NC(=O)NC(C)(C)C)c(F)c1. The fourth-order valence-corrected chi connectivity index (χ4v) is 1.22. The van der Waals surface area contributed by atoms with Crippen molar-refractivity contribution in [3.05, 3.63) is 29.6 Å². The lowest BCUT2D eigenvalue weighted by atomic mass is 10.1. The predicted octanol–water partition coefficient (Wildman–Crippen LogP) is 3.05. The van der Waals surface area contributed by atoms with Gasteiger partial charge < -0.3 is 10.6 Å². The standard InChI is InChI=1S/C12H17FN2O/c1-8-5-6-10(9(13)7-8)14-11(16)15-12(2,3)4/h5-7H,1-4H3,(H2,14,15,16). The van der Waals surface area contributed by atoms with Crippen LogP contribution in [0, 0.1) is 12.7 Å². The average molecular weight is 224 g/mol. The molecule has 0 saturated carbocycles. The van der Waals surface area contributed by atoms with Crippen LogP contribution in [-0.4, -0.2) is 11.6 Å². The van der Waals surface area contributed by atoms with Gasteiger partial charge in [0.2, 0.25) is 0 Å². The summed E-state index contributed by atoms with van der Waals surface area (Å²) in [6.07, 6.45) is 0. The van der Waals surface area contributed by atoms with Crippen molar-refractivity contribution in [2.75, 3.05) is 5.32 Å². The molecule has 0 radical (unpaired) electrons. The Labute approximate surface area is 95.0 Å². The topological polar surface area (TPSA) is 41.1 Å². The maximum absolute atomic E-state index is 13.4.